The first-order chi connectivity index (χ1) is 3.41. The van der Waals surface area contributed by atoms with Crippen LogP contribution in [-0.4, -0.2) is 33.4 Å². The highest BCUT2D eigenvalue weighted by Crippen LogP contribution is 1.78. The molecule has 0 saturated carbocycles. The summed E-state index contributed by atoms with van der Waals surface area (Å²) in [6.45, 7) is 2.40. The zero-order valence-electron chi connectivity index (χ0n) is 5.68. The molecule has 0 spiro atoms. The summed E-state index contributed by atoms with van der Waals surface area (Å²) < 4.78 is 0. The molecule has 8 heavy (non-hydrogen) atoms. The molecule has 0 heterocycles. The Morgan fingerprint density at radius 3 is 1.75 bits per heavy atom. The van der Waals surface area contributed by atoms with Crippen LogP contribution < -0.4 is 0 Å². The van der Waals surface area contributed by atoms with Gasteiger partial charge in [0.15, 0.2) is 0 Å². The van der Waals surface area contributed by atoms with Gasteiger partial charge in [-0.2, -0.15) is 0 Å². The fourth-order valence-corrected chi connectivity index (χ4v) is 0.158. The van der Waals surface area contributed by atoms with Crippen molar-refractivity contribution in [1.29, 1.82) is 0 Å². The van der Waals surface area contributed by atoms with Crippen LogP contribution in [0.5, 0.6) is 0 Å². The van der Waals surface area contributed by atoms with Gasteiger partial charge < -0.3 is 5.11 Å². The molecule has 0 rings (SSSR count). The molecular formula is C5H14ClMgO+2. The van der Waals surface area contributed by atoms with Gasteiger partial charge >= 0.3 is 21.7 Å². The minimum atomic E-state index is 0. The Morgan fingerprint density at radius 1 is 1.38 bits per heavy atom. The van der Waals surface area contributed by atoms with Crippen molar-refractivity contribution in [3.8, 4) is 0 Å². The van der Waals surface area contributed by atoms with Gasteiger partial charge in [-0.1, -0.05) is 13.3 Å². The maximum atomic E-state index is 8.07. The van der Waals surface area contributed by atoms with Crippen molar-refractivity contribution in [3.05, 3.63) is 0 Å². The van der Waals surface area contributed by atoms with E-state index in [9.17, 15) is 0 Å². The van der Waals surface area contributed by atoms with Gasteiger partial charge in [0.25, 0.3) is 5.05 Å². The third-order valence-corrected chi connectivity index (χ3v) is 0.512. The molecule has 1 nitrogen and oxygen atoms in total. The zero-order chi connectivity index (χ0) is 6.12. The van der Waals surface area contributed by atoms with Gasteiger partial charge in [0.1, 0.15) is 0 Å². The minimum Gasteiger partial charge on any atom is -0.396 e. The van der Waals surface area contributed by atoms with E-state index in [4.69, 9.17) is 5.11 Å². The predicted octanol–water partition coefficient (Wildman–Crippen LogP) is 1.40. The van der Waals surface area contributed by atoms with Gasteiger partial charge in [-0.15, -0.1) is 12.4 Å². The van der Waals surface area contributed by atoms with Crippen molar-refractivity contribution in [2.75, 3.05) is 6.61 Å². The predicted molar refractivity (Wildman–Crippen MR) is 40.9 cm³/mol. The average Bonchev–Trinajstić information content (AvgIpc) is 1.75. The Morgan fingerprint density at radius 2 is 1.75 bits per heavy atom. The van der Waals surface area contributed by atoms with E-state index in [1.165, 1.54) is 0 Å². The summed E-state index contributed by atoms with van der Waals surface area (Å²) in [5.41, 5.74) is 0. The quantitative estimate of drug-likeness (QED) is 0.589. The van der Waals surface area contributed by atoms with E-state index >= 15 is 0 Å². The highest BCUT2D eigenvalue weighted by molar-refractivity contribution is 6.05. The van der Waals surface area contributed by atoms with Crippen molar-refractivity contribution in [1.82, 2.24) is 0 Å². The highest BCUT2D eigenvalue weighted by atomic mass is 35.5. The molecule has 1 N–H and O–H groups in total. The van der Waals surface area contributed by atoms with Crippen LogP contribution in [0.3, 0.4) is 0 Å². The fraction of sp³-hybridized carbons (Fsp3) is 1.00. The molecule has 0 fully saturated rings. The third kappa shape index (κ3) is 27.9. The van der Waals surface area contributed by atoms with Crippen LogP contribution in [0.15, 0.2) is 0 Å². The SMILES string of the molecule is CCCCO.Cl.[CH3][Mg+2]. The van der Waals surface area contributed by atoms with Gasteiger partial charge in [0.05, 0.1) is 0 Å². The summed E-state index contributed by atoms with van der Waals surface area (Å²) >= 11 is 1.86. The number of aliphatic hydroxyl groups excluding tert-OH is 1. The van der Waals surface area contributed by atoms with Gasteiger partial charge in [-0.25, -0.2) is 0 Å². The van der Waals surface area contributed by atoms with Gasteiger partial charge in [0.2, 0.25) is 0 Å². The second-order valence-corrected chi connectivity index (χ2v) is 1.08. The fourth-order valence-electron chi connectivity index (χ4n) is 0.158. The van der Waals surface area contributed by atoms with E-state index in [0.29, 0.717) is 6.61 Å². The molecule has 0 aliphatic carbocycles. The summed E-state index contributed by atoms with van der Waals surface area (Å²) in [5.74, 6) is 0. The van der Waals surface area contributed by atoms with E-state index in [1.54, 1.807) is 0 Å². The number of aliphatic hydroxyl groups is 1. The lowest BCUT2D eigenvalue weighted by Gasteiger charge is -1.79. The first kappa shape index (κ1) is 16.0. The van der Waals surface area contributed by atoms with Gasteiger partial charge in [0, 0.05) is 6.61 Å². The van der Waals surface area contributed by atoms with E-state index in [0.717, 1.165) is 12.8 Å². The first-order valence-electron chi connectivity index (χ1n) is 2.73. The number of unbranched alkanes of at least 4 members (excludes halogenated alkanes) is 1. The van der Waals surface area contributed by atoms with Crippen molar-refractivity contribution in [2.45, 2.75) is 24.8 Å². The second kappa shape index (κ2) is 24.5. The molecular weight excluding hydrogens is 136 g/mol. The smallest absolute Gasteiger partial charge is 0.396 e. The molecule has 0 atom stereocenters. The van der Waals surface area contributed by atoms with Gasteiger partial charge in [-0.05, 0) is 6.42 Å². The van der Waals surface area contributed by atoms with Crippen LogP contribution >= 0.6 is 12.4 Å². The summed E-state index contributed by atoms with van der Waals surface area (Å²) in [6, 6.07) is 0. The molecule has 0 aromatic heterocycles. The van der Waals surface area contributed by atoms with E-state index in [-0.39, 0.29) is 12.4 Å². The number of hydrogen-bond acceptors (Lipinski definition) is 1. The van der Waals surface area contributed by atoms with E-state index < -0.39 is 0 Å². The number of rotatable bonds is 2. The molecule has 0 aromatic rings. The first-order valence-corrected chi connectivity index (χ1v) is 4.14. The van der Waals surface area contributed by atoms with Crippen molar-refractivity contribution in [3.63, 3.8) is 0 Å². The second-order valence-electron chi connectivity index (χ2n) is 1.08. The highest BCUT2D eigenvalue weighted by Gasteiger charge is 1.99. The number of halogens is 1. The van der Waals surface area contributed by atoms with Crippen LogP contribution in [-0.2, 0) is 0 Å². The Balaban J connectivity index is -0.0000000750. The summed E-state index contributed by atoms with van der Waals surface area (Å²) in [6.07, 6.45) is 2.04. The Bertz CT molecular complexity index is 19.9. The third-order valence-electron chi connectivity index (χ3n) is 0.512. The summed E-state index contributed by atoms with van der Waals surface area (Å²) in [7, 11) is 0. The van der Waals surface area contributed by atoms with Crippen LogP contribution in [0.1, 0.15) is 19.8 Å². The Kier molecular flexibility index (Phi) is 49.0. The maximum Gasteiger partial charge on any atom is 1.41 e. The largest absolute Gasteiger partial charge is 1.41 e. The van der Waals surface area contributed by atoms with Crippen LogP contribution in [0, 0.1) is 0 Å². The average molecular weight is 150 g/mol. The molecule has 47 valence electrons. The maximum absolute atomic E-state index is 8.07. The topological polar surface area (TPSA) is 20.2 Å². The normalized spacial score (nSPS) is 6.00. The van der Waals surface area contributed by atoms with Crippen LogP contribution in [0.2, 0.25) is 5.05 Å². The Hall–Kier alpha value is 1.02. The zero-order valence-corrected chi connectivity index (χ0v) is 7.91. The lowest BCUT2D eigenvalue weighted by atomic mass is 10.4. The van der Waals surface area contributed by atoms with Crippen molar-refractivity contribution < 1.29 is 5.11 Å². The summed E-state index contributed by atoms with van der Waals surface area (Å²) in [4.78, 5) is 0. The van der Waals surface area contributed by atoms with Gasteiger partial charge in [-0.3, -0.25) is 0 Å². The lowest BCUT2D eigenvalue weighted by molar-refractivity contribution is 0.287. The molecule has 7 radical (unpaired) electrons. The molecule has 3 heteroatoms. The van der Waals surface area contributed by atoms with E-state index in [1.807, 2.05) is 26.8 Å². The Labute approximate surface area is 70.7 Å². The van der Waals surface area contributed by atoms with E-state index in [2.05, 4.69) is 6.92 Å². The molecule has 0 aliphatic heterocycles. The van der Waals surface area contributed by atoms with Crippen LogP contribution in [0.4, 0.5) is 0 Å². The molecule has 0 aliphatic rings. The monoisotopic (exact) mass is 149 g/mol. The lowest BCUT2D eigenvalue weighted by Crippen LogP contribution is -1.75. The number of hydrogen-bond donors (Lipinski definition) is 1. The standard InChI is InChI=1S/C4H10O.CH3.ClH.Mg/c1-2-3-4-5;;;/h5H,2-4H2,1H3;1H3;1H;/q;;;+2. The molecule has 0 amide bonds. The minimum absolute atomic E-state index is 0. The van der Waals surface area contributed by atoms with Crippen molar-refractivity contribution >= 4 is 34.1 Å². The molecule has 0 bridgehead atoms. The molecule has 0 saturated heterocycles. The van der Waals surface area contributed by atoms with Crippen molar-refractivity contribution in [2.24, 2.45) is 0 Å². The molecule has 0 unspecified atom stereocenters. The summed E-state index contributed by atoms with van der Waals surface area (Å²) in [5, 5.41) is 10.1. The molecule has 0 aromatic carbocycles. The van der Waals surface area contributed by atoms with Crippen LogP contribution in [0.25, 0.3) is 0 Å².